The zero-order valence-corrected chi connectivity index (χ0v) is 21.6. The van der Waals surface area contributed by atoms with Crippen molar-refractivity contribution in [3.8, 4) is 11.4 Å². The van der Waals surface area contributed by atoms with Gasteiger partial charge >= 0.3 is 6.36 Å². The first kappa shape index (κ1) is 28.1. The predicted molar refractivity (Wildman–Crippen MR) is 132 cm³/mol. The van der Waals surface area contributed by atoms with E-state index in [4.69, 9.17) is 16.3 Å². The first-order valence-corrected chi connectivity index (χ1v) is 13.1. The Hall–Kier alpha value is -2.87. The van der Waals surface area contributed by atoms with Crippen LogP contribution < -0.4 is 15.6 Å². The van der Waals surface area contributed by atoms with E-state index in [1.54, 1.807) is 6.92 Å². The van der Waals surface area contributed by atoms with Crippen molar-refractivity contribution in [1.82, 2.24) is 14.8 Å². The highest BCUT2D eigenvalue weighted by Crippen LogP contribution is 2.34. The van der Waals surface area contributed by atoms with Gasteiger partial charge < -0.3 is 19.3 Å². The summed E-state index contributed by atoms with van der Waals surface area (Å²) < 4.78 is 76.6. The van der Waals surface area contributed by atoms with Gasteiger partial charge in [0.2, 0.25) is 4.90 Å². The molecular formula is C24H23ClF4N4O4S. The van der Waals surface area contributed by atoms with Crippen LogP contribution in [-0.4, -0.2) is 51.1 Å². The van der Waals surface area contributed by atoms with Gasteiger partial charge in [0.1, 0.15) is 5.02 Å². The molecule has 14 heteroatoms. The summed E-state index contributed by atoms with van der Waals surface area (Å²) in [4.78, 5) is 16.7. The number of aryl methyl sites for hydroxylation is 1. The molecule has 8 nitrogen and oxygen atoms in total. The Balaban J connectivity index is 1.55. The molecule has 1 aromatic carbocycles. The second-order valence-corrected chi connectivity index (χ2v) is 10.3. The van der Waals surface area contributed by atoms with Gasteiger partial charge in [-0.1, -0.05) is 24.6 Å². The third-order valence-corrected chi connectivity index (χ3v) is 7.49. The Bertz CT molecular complexity index is 1330. The number of alkyl halides is 4. The van der Waals surface area contributed by atoms with Gasteiger partial charge in [0, 0.05) is 29.9 Å². The van der Waals surface area contributed by atoms with Gasteiger partial charge in [-0.3, -0.25) is 4.79 Å². The maximum Gasteiger partial charge on any atom is 0.573 e. The first-order chi connectivity index (χ1) is 18.0. The summed E-state index contributed by atoms with van der Waals surface area (Å²) >= 11 is 4.09. The molecule has 0 amide bonds. The molecule has 1 aliphatic rings. The SMILES string of the molecule is CCc1ccc(OC(F)(F)F)c([S+]([O-])c2ccc(-n3ncc(NCC4(F)CCCOC4)c(Cl)c3=O)cn2)c1. The van der Waals surface area contributed by atoms with Crippen molar-refractivity contribution in [1.29, 1.82) is 0 Å². The maximum absolute atomic E-state index is 14.8. The van der Waals surface area contributed by atoms with E-state index >= 15 is 0 Å². The normalized spacial score (nSPS) is 18.7. The number of pyridine rings is 1. The largest absolute Gasteiger partial charge is 0.605 e. The standard InChI is InChI=1S/C24H23ClF4N4O4S/c1-2-15-4-6-18(37-24(27,28)29)19(10-15)38(35)20-7-5-16(11-30-20)33-22(34)21(25)17(12-32-33)31-13-23(26)8-3-9-36-14-23/h4-7,10-12,31H,2-3,8-9,13-14H2,1H3. The minimum atomic E-state index is -4.97. The lowest BCUT2D eigenvalue weighted by atomic mass is 9.99. The Kier molecular flexibility index (Phi) is 8.50. The molecule has 3 aromatic rings. The van der Waals surface area contributed by atoms with E-state index in [1.807, 2.05) is 0 Å². The fraction of sp³-hybridized carbons (Fsp3) is 0.375. The first-order valence-electron chi connectivity index (χ1n) is 11.5. The van der Waals surface area contributed by atoms with Gasteiger partial charge in [-0.05, 0) is 37.0 Å². The van der Waals surface area contributed by atoms with Crippen molar-refractivity contribution in [2.75, 3.05) is 25.1 Å². The molecule has 0 saturated carbocycles. The molecule has 204 valence electrons. The molecule has 2 aromatic heterocycles. The number of halogens is 5. The molecule has 0 radical (unpaired) electrons. The van der Waals surface area contributed by atoms with Crippen LogP contribution in [0.25, 0.3) is 5.69 Å². The topological polar surface area (TPSA) is 101 Å². The second kappa shape index (κ2) is 11.5. The van der Waals surface area contributed by atoms with Crippen LogP contribution >= 0.6 is 11.6 Å². The van der Waals surface area contributed by atoms with Crippen LogP contribution in [0, 0.1) is 0 Å². The van der Waals surface area contributed by atoms with E-state index in [0.717, 1.165) is 10.7 Å². The summed E-state index contributed by atoms with van der Waals surface area (Å²) in [5.74, 6) is -0.596. The molecule has 2 atom stereocenters. The highest BCUT2D eigenvalue weighted by molar-refractivity contribution is 7.91. The summed E-state index contributed by atoms with van der Waals surface area (Å²) in [6.07, 6.45) is -1.11. The third kappa shape index (κ3) is 6.57. The minimum absolute atomic E-state index is 0.0607. The fourth-order valence-electron chi connectivity index (χ4n) is 3.80. The molecule has 1 fully saturated rings. The summed E-state index contributed by atoms with van der Waals surface area (Å²) in [7, 11) is 0. The van der Waals surface area contributed by atoms with Crippen LogP contribution in [0.5, 0.6) is 5.75 Å². The Morgan fingerprint density at radius 1 is 1.29 bits per heavy atom. The van der Waals surface area contributed by atoms with Crippen molar-refractivity contribution in [3.63, 3.8) is 0 Å². The van der Waals surface area contributed by atoms with Crippen LogP contribution in [0.2, 0.25) is 5.02 Å². The Morgan fingerprint density at radius 3 is 2.71 bits per heavy atom. The highest BCUT2D eigenvalue weighted by Gasteiger charge is 2.35. The van der Waals surface area contributed by atoms with E-state index in [2.05, 4.69) is 20.1 Å². The van der Waals surface area contributed by atoms with Crippen molar-refractivity contribution in [2.24, 2.45) is 0 Å². The number of nitrogens with zero attached hydrogens (tertiary/aromatic N) is 3. The molecule has 1 saturated heterocycles. The number of benzene rings is 1. The van der Waals surface area contributed by atoms with Crippen LogP contribution in [0.4, 0.5) is 23.2 Å². The molecule has 0 bridgehead atoms. The Labute approximate surface area is 223 Å². The third-order valence-electron chi connectivity index (χ3n) is 5.79. The van der Waals surface area contributed by atoms with E-state index in [9.17, 15) is 26.9 Å². The van der Waals surface area contributed by atoms with E-state index < -0.39 is 34.5 Å². The number of aromatic nitrogens is 3. The van der Waals surface area contributed by atoms with Crippen LogP contribution in [0.1, 0.15) is 25.3 Å². The molecule has 1 aliphatic heterocycles. The number of nitrogens with one attached hydrogen (secondary N) is 1. The molecular weight excluding hydrogens is 552 g/mol. The van der Waals surface area contributed by atoms with Crippen molar-refractivity contribution >= 4 is 28.5 Å². The molecule has 0 aliphatic carbocycles. The van der Waals surface area contributed by atoms with Gasteiger partial charge in [0.05, 0.1) is 36.9 Å². The molecule has 38 heavy (non-hydrogen) atoms. The van der Waals surface area contributed by atoms with Crippen LogP contribution in [0.15, 0.2) is 57.4 Å². The zero-order valence-electron chi connectivity index (χ0n) is 20.1. The summed E-state index contributed by atoms with van der Waals surface area (Å²) in [5.41, 5.74) is -1.33. The number of rotatable bonds is 8. The number of hydrogen-bond donors (Lipinski definition) is 1. The number of ether oxygens (including phenoxy) is 2. The highest BCUT2D eigenvalue weighted by atomic mass is 35.5. The average molecular weight is 575 g/mol. The fourth-order valence-corrected chi connectivity index (χ4v) is 5.11. The molecule has 1 N–H and O–H groups in total. The van der Waals surface area contributed by atoms with E-state index in [-0.39, 0.29) is 39.5 Å². The Morgan fingerprint density at radius 2 is 2.08 bits per heavy atom. The van der Waals surface area contributed by atoms with E-state index in [1.165, 1.54) is 36.7 Å². The predicted octanol–water partition coefficient (Wildman–Crippen LogP) is 4.84. The summed E-state index contributed by atoms with van der Waals surface area (Å²) in [6.45, 7) is 2.13. The molecule has 3 heterocycles. The lowest BCUT2D eigenvalue weighted by Crippen LogP contribution is -2.40. The lowest BCUT2D eigenvalue weighted by molar-refractivity contribution is -0.275. The van der Waals surface area contributed by atoms with Gasteiger partial charge in [0.15, 0.2) is 11.4 Å². The van der Waals surface area contributed by atoms with E-state index in [0.29, 0.717) is 31.4 Å². The van der Waals surface area contributed by atoms with Crippen LogP contribution in [0.3, 0.4) is 0 Å². The van der Waals surface area contributed by atoms with Gasteiger partial charge in [-0.25, -0.2) is 9.37 Å². The number of hydrogen-bond acceptors (Lipinski definition) is 7. The minimum Gasteiger partial charge on any atom is -0.605 e. The van der Waals surface area contributed by atoms with Crippen molar-refractivity contribution in [3.05, 3.63) is 63.7 Å². The van der Waals surface area contributed by atoms with Gasteiger partial charge in [-0.15, -0.1) is 13.2 Å². The van der Waals surface area contributed by atoms with Crippen molar-refractivity contribution < 1.29 is 31.6 Å². The monoisotopic (exact) mass is 574 g/mol. The molecule has 4 rings (SSSR count). The molecule has 2 unspecified atom stereocenters. The van der Waals surface area contributed by atoms with Crippen LogP contribution in [-0.2, 0) is 22.3 Å². The maximum atomic E-state index is 14.8. The summed E-state index contributed by atoms with van der Waals surface area (Å²) in [5, 5.41) is 6.57. The zero-order chi connectivity index (χ0) is 27.5. The molecule has 0 spiro atoms. The average Bonchev–Trinajstić information content (AvgIpc) is 2.89. The summed E-state index contributed by atoms with van der Waals surface area (Å²) in [6, 6.07) is 6.61. The van der Waals surface area contributed by atoms with Gasteiger partial charge in [0.25, 0.3) is 10.6 Å². The lowest BCUT2D eigenvalue weighted by Gasteiger charge is -2.29. The van der Waals surface area contributed by atoms with Crippen molar-refractivity contribution in [2.45, 2.75) is 48.1 Å². The second-order valence-electron chi connectivity index (χ2n) is 8.56. The smallest absolute Gasteiger partial charge is 0.573 e. The van der Waals surface area contributed by atoms with Gasteiger partial charge in [-0.2, -0.15) is 9.78 Å². The quantitative estimate of drug-likeness (QED) is 0.303. The number of anilines is 1.